The lowest BCUT2D eigenvalue weighted by Gasteiger charge is -2.24. The fraction of sp³-hybridized carbons (Fsp3) is 0.0238. The Hall–Kier alpha value is -11.7. The Labute approximate surface area is 513 Å². The summed E-state index contributed by atoms with van der Waals surface area (Å²) in [4.78, 5) is 0. The Morgan fingerprint density at radius 2 is 0.506 bits per heavy atom. The van der Waals surface area contributed by atoms with Crippen LogP contribution in [0.2, 0.25) is 0 Å². The van der Waals surface area contributed by atoms with Gasteiger partial charge in [-0.1, -0.05) is 194 Å². The van der Waals surface area contributed by atoms with Crippen LogP contribution in [0.3, 0.4) is 0 Å². The van der Waals surface area contributed by atoms with E-state index in [2.05, 4.69) is 338 Å². The van der Waals surface area contributed by atoms with E-state index >= 15 is 0 Å². The summed E-state index contributed by atoms with van der Waals surface area (Å²) in [7, 11) is 0. The largest absolute Gasteiger partial charge is 0.333 e. The first-order valence-electron chi connectivity index (χ1n) is 30.9. The van der Waals surface area contributed by atoms with E-state index in [0.717, 1.165) is 23.5 Å². The fourth-order valence-electron chi connectivity index (χ4n) is 15.3. The van der Waals surface area contributed by atoms with Crippen molar-refractivity contribution >= 4 is 115 Å². The van der Waals surface area contributed by atoms with E-state index in [1.165, 1.54) is 148 Å². The van der Waals surface area contributed by atoms with Crippen LogP contribution in [0.1, 0.15) is 12.5 Å². The molecule has 0 aliphatic heterocycles. The van der Waals surface area contributed by atoms with E-state index in [9.17, 15) is 0 Å². The topological polar surface area (TPSA) is 24.6 Å². The maximum atomic E-state index is 2.58. The number of para-hydroxylation sites is 7. The molecule has 0 N–H and O–H groups in total. The standard InChI is InChI=1S/C84H55N5/c1-8-34-75-65(27-1)66-28-2-9-35-76(66)85(75)60-22-15-19-54(47-60)57-41-44-82-72(50-57)69-31-5-12-38-79(69)87(82)62-24-17-21-56(49-62)59-43-46-84-74(52-59)71-33-7-14-40-81(71)89(84)64-26-18-25-63(53-64)88-80-39-13-6-32-70(80)73-51-58(42-45-83(73)88)55-20-16-23-61(48-55)86-77-36-10-3-29-67(77)68-30-4-11-37-78(68)86/h1-52,64H,53H2. The van der Waals surface area contributed by atoms with Crippen LogP contribution in [0.25, 0.3) is 165 Å². The zero-order valence-corrected chi connectivity index (χ0v) is 48.5. The van der Waals surface area contributed by atoms with Crippen molar-refractivity contribution in [3.63, 3.8) is 0 Å². The number of fused-ring (bicyclic) bond motifs is 15. The first-order valence-corrected chi connectivity index (χ1v) is 30.9. The van der Waals surface area contributed by atoms with Gasteiger partial charge in [0.15, 0.2) is 0 Å². The second-order valence-electron chi connectivity index (χ2n) is 24.0. The highest BCUT2D eigenvalue weighted by Crippen LogP contribution is 2.44. The minimum absolute atomic E-state index is 0.0884. The van der Waals surface area contributed by atoms with Gasteiger partial charge in [0.25, 0.3) is 0 Å². The van der Waals surface area contributed by atoms with Crippen molar-refractivity contribution in [2.75, 3.05) is 0 Å². The van der Waals surface area contributed by atoms with Crippen LogP contribution in [-0.4, -0.2) is 22.8 Å². The van der Waals surface area contributed by atoms with Crippen LogP contribution < -0.4 is 0 Å². The summed E-state index contributed by atoms with van der Waals surface area (Å²) < 4.78 is 12.3. The molecule has 19 rings (SSSR count). The van der Waals surface area contributed by atoms with Crippen molar-refractivity contribution in [2.45, 2.75) is 12.5 Å². The van der Waals surface area contributed by atoms with Gasteiger partial charge in [0.2, 0.25) is 0 Å². The Kier molecular flexibility index (Phi) is 10.8. The second-order valence-corrected chi connectivity index (χ2v) is 24.0. The summed E-state index contributed by atoms with van der Waals surface area (Å²) in [6, 6.07) is 110. The molecule has 18 aromatic rings. The molecule has 1 aliphatic rings. The van der Waals surface area contributed by atoms with Crippen LogP contribution >= 0.6 is 0 Å². The predicted octanol–water partition coefficient (Wildman–Crippen LogP) is 22.2. The second kappa shape index (κ2) is 19.4. The number of aromatic nitrogens is 5. The normalized spacial score (nSPS) is 13.7. The highest BCUT2D eigenvalue weighted by atomic mass is 15.1. The summed E-state index contributed by atoms with van der Waals surface area (Å²) in [6.45, 7) is 0. The van der Waals surface area contributed by atoms with Crippen molar-refractivity contribution in [1.29, 1.82) is 0 Å². The summed E-state index contributed by atoms with van der Waals surface area (Å²) >= 11 is 0. The molecule has 416 valence electrons. The maximum absolute atomic E-state index is 2.58. The number of rotatable bonds is 8. The van der Waals surface area contributed by atoms with Gasteiger partial charge in [-0.3, -0.25) is 0 Å². The van der Waals surface area contributed by atoms with Crippen molar-refractivity contribution < 1.29 is 0 Å². The molecule has 13 aromatic carbocycles. The molecule has 0 fully saturated rings. The zero-order valence-electron chi connectivity index (χ0n) is 48.5. The van der Waals surface area contributed by atoms with E-state index in [4.69, 9.17) is 0 Å². The summed E-state index contributed by atoms with van der Waals surface area (Å²) in [6.07, 6.45) is 7.83. The Morgan fingerprint density at radius 1 is 0.225 bits per heavy atom. The Morgan fingerprint density at radius 3 is 0.910 bits per heavy atom. The smallest absolute Gasteiger partial charge is 0.0580 e. The molecule has 5 nitrogen and oxygen atoms in total. The van der Waals surface area contributed by atoms with Crippen LogP contribution in [0.4, 0.5) is 0 Å². The summed E-state index contributed by atoms with van der Waals surface area (Å²) in [5.74, 6) is 0. The average Bonchev–Trinajstić information content (AvgIpc) is 1.96. The van der Waals surface area contributed by atoms with Crippen LogP contribution in [-0.2, 0) is 0 Å². The molecule has 5 heterocycles. The van der Waals surface area contributed by atoms with Gasteiger partial charge in [-0.25, -0.2) is 0 Å². The summed E-state index contributed by atoms with van der Waals surface area (Å²) in [5, 5.41) is 12.6. The molecule has 0 saturated heterocycles. The molecule has 0 radical (unpaired) electrons. The van der Waals surface area contributed by atoms with E-state index in [1.807, 2.05) is 0 Å². The Balaban J connectivity index is 0.656. The molecule has 0 bridgehead atoms. The lowest BCUT2D eigenvalue weighted by atomic mass is 10.0. The lowest BCUT2D eigenvalue weighted by molar-refractivity contribution is 0.646. The van der Waals surface area contributed by atoms with Gasteiger partial charge in [0.1, 0.15) is 0 Å². The Bertz CT molecular complexity index is 5940. The van der Waals surface area contributed by atoms with Crippen molar-refractivity contribution in [3.05, 3.63) is 315 Å². The maximum Gasteiger partial charge on any atom is 0.0580 e. The van der Waals surface area contributed by atoms with Crippen LogP contribution in [0.15, 0.2) is 315 Å². The molecular weight excluding hydrogens is 1080 g/mol. The highest BCUT2D eigenvalue weighted by Gasteiger charge is 2.24. The van der Waals surface area contributed by atoms with Crippen molar-refractivity contribution in [3.8, 4) is 50.4 Å². The third-order valence-electron chi connectivity index (χ3n) is 19.2. The molecule has 0 saturated carbocycles. The highest BCUT2D eigenvalue weighted by molar-refractivity contribution is 6.15. The van der Waals surface area contributed by atoms with Gasteiger partial charge in [0.05, 0.1) is 50.2 Å². The molecule has 1 atom stereocenters. The van der Waals surface area contributed by atoms with Gasteiger partial charge in [-0.15, -0.1) is 0 Å². The third kappa shape index (κ3) is 7.55. The van der Waals surface area contributed by atoms with Gasteiger partial charge in [0, 0.05) is 94.1 Å². The monoisotopic (exact) mass is 1130 g/mol. The number of nitrogens with zero attached hydrogens (tertiary/aromatic N) is 5. The lowest BCUT2D eigenvalue weighted by Crippen LogP contribution is -2.12. The molecule has 5 heteroatoms. The molecule has 5 aromatic heterocycles. The summed E-state index contributed by atoms with van der Waals surface area (Å²) in [5.41, 5.74) is 24.0. The molecule has 89 heavy (non-hydrogen) atoms. The number of allylic oxidation sites excluding steroid dienone is 4. The van der Waals surface area contributed by atoms with E-state index in [1.54, 1.807) is 0 Å². The quantitative estimate of drug-likeness (QED) is 0.145. The van der Waals surface area contributed by atoms with Gasteiger partial charge in [-0.2, -0.15) is 0 Å². The number of hydrogen-bond donors (Lipinski definition) is 0. The molecular formula is C84H55N5. The van der Waals surface area contributed by atoms with E-state index in [0.29, 0.717) is 0 Å². The van der Waals surface area contributed by atoms with Gasteiger partial charge < -0.3 is 22.8 Å². The van der Waals surface area contributed by atoms with Crippen LogP contribution in [0.5, 0.6) is 0 Å². The van der Waals surface area contributed by atoms with Crippen LogP contribution in [0, 0.1) is 0 Å². The fourth-order valence-corrected chi connectivity index (χ4v) is 15.3. The molecule has 1 aliphatic carbocycles. The minimum Gasteiger partial charge on any atom is -0.333 e. The number of hydrogen-bond acceptors (Lipinski definition) is 0. The minimum atomic E-state index is 0.0884. The van der Waals surface area contributed by atoms with Gasteiger partial charge >= 0.3 is 0 Å². The molecule has 0 amide bonds. The molecule has 0 spiro atoms. The van der Waals surface area contributed by atoms with Crippen molar-refractivity contribution in [1.82, 2.24) is 22.8 Å². The third-order valence-corrected chi connectivity index (χ3v) is 19.2. The molecule has 1 unspecified atom stereocenters. The first-order chi connectivity index (χ1) is 44.1. The number of benzene rings is 13. The van der Waals surface area contributed by atoms with Gasteiger partial charge in [-0.05, 0) is 155 Å². The van der Waals surface area contributed by atoms with E-state index < -0.39 is 0 Å². The SMILES string of the molecule is C1=CC(n2c3ccccc3c3cc(-c4cccc(-n5c6ccccc6c6cc(-c7cccc(-n8c9ccccc9c9ccccc98)c7)ccc65)c4)ccc32)CC(n2c3ccccc3c3cc(-c4cccc(-n5c6ccccc6c6ccccc65)c4)ccc32)=C1. The first kappa shape index (κ1) is 49.6. The van der Waals surface area contributed by atoms with Crippen molar-refractivity contribution in [2.24, 2.45) is 0 Å². The zero-order chi connectivity index (χ0) is 58.3. The predicted molar refractivity (Wildman–Crippen MR) is 375 cm³/mol. The van der Waals surface area contributed by atoms with E-state index in [-0.39, 0.29) is 6.04 Å². The average molecular weight is 1130 g/mol.